The summed E-state index contributed by atoms with van der Waals surface area (Å²) < 4.78 is 13.4. The SMILES string of the molecule is Nc1ccc(F)cc1N1C(=O)C2C3C=CC(C3)C2C1=O. The van der Waals surface area contributed by atoms with Crippen LogP contribution >= 0.6 is 0 Å². The van der Waals surface area contributed by atoms with Crippen molar-refractivity contribution < 1.29 is 14.0 Å². The predicted molar refractivity (Wildman–Crippen MR) is 71.0 cm³/mol. The van der Waals surface area contributed by atoms with E-state index in [2.05, 4.69) is 0 Å². The number of nitrogen functional groups attached to an aromatic ring is 1. The number of hydrogen-bond acceptors (Lipinski definition) is 3. The summed E-state index contributed by atoms with van der Waals surface area (Å²) in [4.78, 5) is 26.2. The van der Waals surface area contributed by atoms with Crippen molar-refractivity contribution in [2.24, 2.45) is 23.7 Å². The van der Waals surface area contributed by atoms with Gasteiger partial charge in [0.05, 0.1) is 23.2 Å². The largest absolute Gasteiger partial charge is 0.397 e. The summed E-state index contributed by atoms with van der Waals surface area (Å²) in [7, 11) is 0. The molecule has 2 amide bonds. The van der Waals surface area contributed by atoms with Crippen molar-refractivity contribution in [2.75, 3.05) is 10.6 Å². The number of allylic oxidation sites excluding steroid dienone is 2. The first-order chi connectivity index (χ1) is 9.58. The fourth-order valence-electron chi connectivity index (χ4n) is 3.85. The molecular weight excluding hydrogens is 259 g/mol. The summed E-state index contributed by atoms with van der Waals surface area (Å²) in [5, 5.41) is 0. The van der Waals surface area contributed by atoms with Crippen molar-refractivity contribution in [3.05, 3.63) is 36.2 Å². The van der Waals surface area contributed by atoms with Gasteiger partial charge in [0.25, 0.3) is 0 Å². The van der Waals surface area contributed by atoms with Crippen molar-refractivity contribution in [1.29, 1.82) is 0 Å². The Hall–Kier alpha value is -2.17. The van der Waals surface area contributed by atoms with Crippen molar-refractivity contribution in [3.8, 4) is 0 Å². The molecule has 1 heterocycles. The molecule has 1 saturated carbocycles. The summed E-state index contributed by atoms with van der Waals surface area (Å²) in [5.74, 6) is -1.29. The molecule has 4 nitrogen and oxygen atoms in total. The number of fused-ring (bicyclic) bond motifs is 5. The van der Waals surface area contributed by atoms with E-state index < -0.39 is 5.82 Å². The molecule has 5 heteroatoms. The van der Waals surface area contributed by atoms with Gasteiger partial charge in [-0.25, -0.2) is 9.29 Å². The summed E-state index contributed by atoms with van der Waals surface area (Å²) in [6.45, 7) is 0. The minimum Gasteiger partial charge on any atom is -0.397 e. The molecule has 1 aromatic carbocycles. The van der Waals surface area contributed by atoms with Gasteiger partial charge in [0.15, 0.2) is 0 Å². The molecule has 1 aliphatic heterocycles. The van der Waals surface area contributed by atoms with Gasteiger partial charge in [-0.2, -0.15) is 0 Å². The molecule has 0 spiro atoms. The van der Waals surface area contributed by atoms with Crippen LogP contribution in [-0.4, -0.2) is 11.8 Å². The number of carbonyl (C=O) groups is 2. The molecule has 4 rings (SSSR count). The van der Waals surface area contributed by atoms with E-state index in [0.717, 1.165) is 17.4 Å². The van der Waals surface area contributed by atoms with E-state index in [1.54, 1.807) is 0 Å². The first-order valence-electron chi connectivity index (χ1n) is 6.69. The number of anilines is 2. The smallest absolute Gasteiger partial charge is 0.238 e. The number of amides is 2. The van der Waals surface area contributed by atoms with Crippen LogP contribution in [-0.2, 0) is 9.59 Å². The van der Waals surface area contributed by atoms with Gasteiger partial charge in [-0.3, -0.25) is 9.59 Å². The number of carbonyl (C=O) groups excluding carboxylic acids is 2. The highest BCUT2D eigenvalue weighted by Gasteiger charge is 2.59. The molecule has 2 N–H and O–H groups in total. The molecule has 4 atom stereocenters. The maximum atomic E-state index is 13.4. The normalized spacial score (nSPS) is 34.1. The fraction of sp³-hybridized carbons (Fsp3) is 0.333. The first kappa shape index (κ1) is 11.6. The molecule has 0 aromatic heterocycles. The third-order valence-corrected chi connectivity index (χ3v) is 4.70. The lowest BCUT2D eigenvalue weighted by atomic mass is 9.85. The van der Waals surface area contributed by atoms with Crippen LogP contribution in [0.15, 0.2) is 30.4 Å². The molecule has 2 aliphatic carbocycles. The average molecular weight is 272 g/mol. The summed E-state index contributed by atoms with van der Waals surface area (Å²) in [5.41, 5.74) is 6.22. The summed E-state index contributed by atoms with van der Waals surface area (Å²) in [6.07, 6.45) is 4.92. The van der Waals surface area contributed by atoms with Gasteiger partial charge in [0.2, 0.25) is 11.8 Å². The third-order valence-electron chi connectivity index (χ3n) is 4.70. The Morgan fingerprint density at radius 1 is 1.10 bits per heavy atom. The molecule has 1 saturated heterocycles. The Kier molecular flexibility index (Phi) is 2.14. The number of nitrogens with two attached hydrogens (primary N) is 1. The van der Waals surface area contributed by atoms with Crippen molar-refractivity contribution >= 4 is 23.2 Å². The van der Waals surface area contributed by atoms with Gasteiger partial charge >= 0.3 is 0 Å². The van der Waals surface area contributed by atoms with Crippen LogP contribution < -0.4 is 10.6 Å². The molecule has 2 fully saturated rings. The Morgan fingerprint density at radius 3 is 2.30 bits per heavy atom. The molecule has 1 aromatic rings. The zero-order valence-corrected chi connectivity index (χ0v) is 10.6. The van der Waals surface area contributed by atoms with Crippen molar-refractivity contribution in [2.45, 2.75) is 6.42 Å². The Morgan fingerprint density at radius 2 is 1.70 bits per heavy atom. The average Bonchev–Trinajstić information content (AvgIpc) is 3.08. The molecule has 0 radical (unpaired) electrons. The fourth-order valence-corrected chi connectivity index (χ4v) is 3.85. The lowest BCUT2D eigenvalue weighted by Gasteiger charge is -2.19. The Bertz CT molecular complexity index is 640. The summed E-state index contributed by atoms with van der Waals surface area (Å²) >= 11 is 0. The van der Waals surface area contributed by atoms with E-state index in [-0.39, 0.29) is 46.9 Å². The minimum atomic E-state index is -0.507. The van der Waals surface area contributed by atoms with Crippen LogP contribution in [0.3, 0.4) is 0 Å². The van der Waals surface area contributed by atoms with E-state index in [0.29, 0.717) is 0 Å². The standard InChI is InChI=1S/C15H13FN2O2/c16-9-3-4-10(17)11(6-9)18-14(19)12-7-1-2-8(5-7)13(12)15(18)20/h1-4,6-8,12-13H,5,17H2. The number of imide groups is 1. The number of hydrogen-bond donors (Lipinski definition) is 1. The molecule has 2 bridgehead atoms. The Balaban J connectivity index is 1.80. The van der Waals surface area contributed by atoms with Gasteiger partial charge in [-0.1, -0.05) is 12.2 Å². The molecule has 3 aliphatic rings. The van der Waals surface area contributed by atoms with E-state index in [1.165, 1.54) is 12.1 Å². The van der Waals surface area contributed by atoms with Gasteiger partial charge in [-0.15, -0.1) is 0 Å². The maximum Gasteiger partial charge on any atom is 0.238 e. The van der Waals surface area contributed by atoms with Crippen LogP contribution in [0.4, 0.5) is 15.8 Å². The minimum absolute atomic E-state index is 0.140. The van der Waals surface area contributed by atoms with Gasteiger partial charge in [-0.05, 0) is 30.4 Å². The van der Waals surface area contributed by atoms with Crippen LogP contribution in [0.5, 0.6) is 0 Å². The second kappa shape index (κ2) is 3.69. The molecule has 102 valence electrons. The predicted octanol–water partition coefficient (Wildman–Crippen LogP) is 1.72. The second-order valence-corrected chi connectivity index (χ2v) is 5.71. The van der Waals surface area contributed by atoms with Crippen LogP contribution in [0, 0.1) is 29.5 Å². The number of benzene rings is 1. The van der Waals surface area contributed by atoms with Gasteiger partial charge in [0, 0.05) is 6.07 Å². The highest BCUT2D eigenvalue weighted by Crippen LogP contribution is 2.53. The number of halogens is 1. The quantitative estimate of drug-likeness (QED) is 0.481. The second-order valence-electron chi connectivity index (χ2n) is 5.71. The zero-order chi connectivity index (χ0) is 14.0. The Labute approximate surface area is 115 Å². The monoisotopic (exact) mass is 272 g/mol. The highest BCUT2D eigenvalue weighted by molar-refractivity contribution is 6.23. The number of rotatable bonds is 1. The lowest BCUT2D eigenvalue weighted by molar-refractivity contribution is -0.123. The van der Waals surface area contributed by atoms with Gasteiger partial charge < -0.3 is 5.73 Å². The van der Waals surface area contributed by atoms with Gasteiger partial charge in [0.1, 0.15) is 5.82 Å². The molecule has 4 unspecified atom stereocenters. The summed E-state index contributed by atoms with van der Waals surface area (Å²) in [6, 6.07) is 3.75. The topological polar surface area (TPSA) is 63.4 Å². The van der Waals surface area contributed by atoms with Crippen LogP contribution in [0.25, 0.3) is 0 Å². The van der Waals surface area contributed by atoms with E-state index in [1.807, 2.05) is 12.2 Å². The van der Waals surface area contributed by atoms with Crippen molar-refractivity contribution in [1.82, 2.24) is 0 Å². The van der Waals surface area contributed by atoms with E-state index in [9.17, 15) is 14.0 Å². The lowest BCUT2D eigenvalue weighted by Crippen LogP contribution is -2.33. The van der Waals surface area contributed by atoms with Crippen LogP contribution in [0.1, 0.15) is 6.42 Å². The van der Waals surface area contributed by atoms with Crippen molar-refractivity contribution in [3.63, 3.8) is 0 Å². The first-order valence-corrected chi connectivity index (χ1v) is 6.69. The molecular formula is C15H13FN2O2. The zero-order valence-electron chi connectivity index (χ0n) is 10.6. The van der Waals surface area contributed by atoms with E-state index >= 15 is 0 Å². The van der Waals surface area contributed by atoms with E-state index in [4.69, 9.17) is 5.73 Å². The highest BCUT2D eigenvalue weighted by atomic mass is 19.1. The number of nitrogens with zero attached hydrogens (tertiary/aromatic N) is 1. The maximum absolute atomic E-state index is 13.4. The van der Waals surface area contributed by atoms with Crippen LogP contribution in [0.2, 0.25) is 0 Å². The molecule has 20 heavy (non-hydrogen) atoms. The third kappa shape index (κ3) is 1.30.